The lowest BCUT2D eigenvalue weighted by molar-refractivity contribution is -0.139. The van der Waals surface area contributed by atoms with Crippen molar-refractivity contribution in [3.63, 3.8) is 0 Å². The Balaban J connectivity index is 1.12. The molecule has 2 aromatic carbocycles. The summed E-state index contributed by atoms with van der Waals surface area (Å²) in [6, 6.07) is 11.9. The number of rotatable bonds is 7. The SMILES string of the molecule is Cc1cc(Nc2nccn3c(-c4ccc(OC(F)F)cc4)cnc23)ccc1C(=O)N1CCN(C(=O)C2(N)CCNCC2)CC1. The molecule has 0 aliphatic carbocycles. The monoisotopic (exact) mass is 604 g/mol. The number of imidazole rings is 1. The lowest BCUT2D eigenvalue weighted by Crippen LogP contribution is -2.62. The van der Waals surface area contributed by atoms with Crippen LogP contribution in [0.2, 0.25) is 0 Å². The molecule has 2 amide bonds. The number of fused-ring (bicyclic) bond motifs is 1. The maximum Gasteiger partial charge on any atom is 0.387 e. The predicted octanol–water partition coefficient (Wildman–Crippen LogP) is 3.42. The zero-order valence-corrected chi connectivity index (χ0v) is 24.3. The molecule has 230 valence electrons. The van der Waals surface area contributed by atoms with E-state index in [4.69, 9.17) is 5.73 Å². The highest BCUT2D eigenvalue weighted by molar-refractivity contribution is 5.96. The van der Waals surface area contributed by atoms with Gasteiger partial charge in [0.25, 0.3) is 5.91 Å². The van der Waals surface area contributed by atoms with Gasteiger partial charge in [-0.05, 0) is 80.9 Å². The first-order valence-corrected chi connectivity index (χ1v) is 14.5. The number of nitrogens with two attached hydrogens (primary N) is 1. The van der Waals surface area contributed by atoms with Crippen molar-refractivity contribution in [2.24, 2.45) is 5.73 Å². The number of ether oxygens (including phenoxy) is 1. The van der Waals surface area contributed by atoms with Crippen LogP contribution in [-0.2, 0) is 4.79 Å². The van der Waals surface area contributed by atoms with E-state index < -0.39 is 12.2 Å². The molecule has 4 heterocycles. The molecule has 2 fully saturated rings. The number of benzene rings is 2. The summed E-state index contributed by atoms with van der Waals surface area (Å²) in [7, 11) is 0. The van der Waals surface area contributed by atoms with Gasteiger partial charge in [-0.2, -0.15) is 8.78 Å². The maximum absolute atomic E-state index is 13.4. The van der Waals surface area contributed by atoms with Gasteiger partial charge in [0.05, 0.1) is 17.4 Å². The lowest BCUT2D eigenvalue weighted by Gasteiger charge is -2.41. The Morgan fingerprint density at radius 1 is 1.02 bits per heavy atom. The Hall–Kier alpha value is -4.62. The van der Waals surface area contributed by atoms with Crippen LogP contribution < -0.4 is 21.1 Å². The number of halogens is 2. The second-order valence-corrected chi connectivity index (χ2v) is 11.2. The molecule has 11 nitrogen and oxygen atoms in total. The molecule has 0 radical (unpaired) electrons. The molecule has 0 atom stereocenters. The van der Waals surface area contributed by atoms with Gasteiger partial charge in [-0.25, -0.2) is 9.97 Å². The number of piperazine rings is 1. The Bertz CT molecular complexity index is 1660. The number of nitrogens with one attached hydrogen (secondary N) is 2. The summed E-state index contributed by atoms with van der Waals surface area (Å²) in [5, 5.41) is 6.54. The Labute approximate surface area is 253 Å². The van der Waals surface area contributed by atoms with Crippen LogP contribution in [0.25, 0.3) is 16.9 Å². The molecule has 6 rings (SSSR count). The van der Waals surface area contributed by atoms with Crippen LogP contribution in [0.4, 0.5) is 20.3 Å². The number of hydrogen-bond donors (Lipinski definition) is 3. The first-order valence-electron chi connectivity index (χ1n) is 14.5. The van der Waals surface area contributed by atoms with Gasteiger partial charge in [0.2, 0.25) is 5.91 Å². The molecule has 0 unspecified atom stereocenters. The quantitative estimate of drug-likeness (QED) is 0.293. The van der Waals surface area contributed by atoms with Gasteiger partial charge in [-0.15, -0.1) is 0 Å². The Morgan fingerprint density at radius 3 is 2.41 bits per heavy atom. The number of nitrogens with zero attached hydrogens (tertiary/aromatic N) is 5. The average molecular weight is 605 g/mol. The number of piperidine rings is 1. The molecular formula is C31H34F2N8O3. The van der Waals surface area contributed by atoms with Crippen molar-refractivity contribution < 1.29 is 23.1 Å². The zero-order chi connectivity index (χ0) is 30.8. The Kier molecular flexibility index (Phi) is 8.15. The predicted molar refractivity (Wildman–Crippen MR) is 161 cm³/mol. The van der Waals surface area contributed by atoms with Crippen molar-refractivity contribution >= 4 is 29.0 Å². The zero-order valence-electron chi connectivity index (χ0n) is 24.3. The molecule has 13 heteroatoms. The van der Waals surface area contributed by atoms with Gasteiger partial charge in [0.15, 0.2) is 11.5 Å². The number of alkyl halides is 2. The standard InChI is InChI=1S/C31H34F2N8O3/c1-20-18-22(4-7-24(20)28(42)39-14-16-40(17-15-39)29(43)31(34)8-10-35-11-9-31)38-26-27-37-19-25(41(27)13-12-36-26)21-2-5-23(6-3-21)44-30(32)33/h2-7,12-13,18-19,30,35H,8-11,14-17,34H2,1H3,(H,36,38). The Morgan fingerprint density at radius 2 is 1.73 bits per heavy atom. The van der Waals surface area contributed by atoms with E-state index in [0.717, 1.165) is 35.6 Å². The van der Waals surface area contributed by atoms with Crippen molar-refractivity contribution in [2.75, 3.05) is 44.6 Å². The maximum atomic E-state index is 13.4. The molecule has 2 aliphatic rings. The first-order chi connectivity index (χ1) is 21.2. The molecule has 44 heavy (non-hydrogen) atoms. The highest BCUT2D eigenvalue weighted by Gasteiger charge is 2.39. The summed E-state index contributed by atoms with van der Waals surface area (Å²) >= 11 is 0. The van der Waals surface area contributed by atoms with Crippen molar-refractivity contribution in [1.29, 1.82) is 0 Å². The molecule has 2 aliphatic heterocycles. The van der Waals surface area contributed by atoms with E-state index in [1.807, 2.05) is 23.5 Å². The van der Waals surface area contributed by atoms with E-state index >= 15 is 0 Å². The fourth-order valence-electron chi connectivity index (χ4n) is 5.83. The van der Waals surface area contributed by atoms with Crippen LogP contribution in [-0.4, -0.2) is 87.4 Å². The summed E-state index contributed by atoms with van der Waals surface area (Å²) in [6.07, 6.45) is 6.33. The highest BCUT2D eigenvalue weighted by Crippen LogP contribution is 2.28. The van der Waals surface area contributed by atoms with E-state index in [1.165, 1.54) is 12.1 Å². The fourth-order valence-corrected chi connectivity index (χ4v) is 5.83. The topological polar surface area (TPSA) is 130 Å². The normalized spacial score (nSPS) is 16.8. The van der Waals surface area contributed by atoms with Crippen LogP contribution in [0.1, 0.15) is 28.8 Å². The van der Waals surface area contributed by atoms with Gasteiger partial charge in [0.1, 0.15) is 5.75 Å². The third-order valence-corrected chi connectivity index (χ3v) is 8.30. The molecule has 2 aromatic heterocycles. The summed E-state index contributed by atoms with van der Waals surface area (Å²) in [6.45, 7) is 2.30. The van der Waals surface area contributed by atoms with E-state index in [1.54, 1.807) is 46.6 Å². The average Bonchev–Trinajstić information content (AvgIpc) is 3.46. The smallest absolute Gasteiger partial charge is 0.387 e. The largest absolute Gasteiger partial charge is 0.435 e. The molecule has 4 aromatic rings. The van der Waals surface area contributed by atoms with Crippen LogP contribution in [0.5, 0.6) is 5.75 Å². The first kappa shape index (κ1) is 29.5. The molecule has 0 bridgehead atoms. The summed E-state index contributed by atoms with van der Waals surface area (Å²) in [4.78, 5) is 39.1. The van der Waals surface area contributed by atoms with Gasteiger partial charge < -0.3 is 30.9 Å². The highest BCUT2D eigenvalue weighted by atomic mass is 19.3. The van der Waals surface area contributed by atoms with Crippen molar-refractivity contribution in [3.05, 3.63) is 72.2 Å². The minimum absolute atomic E-state index is 0.0247. The summed E-state index contributed by atoms with van der Waals surface area (Å²) in [5.41, 5.74) is 9.84. The van der Waals surface area contributed by atoms with E-state index in [9.17, 15) is 18.4 Å². The van der Waals surface area contributed by atoms with E-state index in [2.05, 4.69) is 25.3 Å². The van der Waals surface area contributed by atoms with Crippen LogP contribution in [0.3, 0.4) is 0 Å². The second-order valence-electron chi connectivity index (χ2n) is 11.2. The number of carbonyl (C=O) groups is 2. The molecule has 0 spiro atoms. The van der Waals surface area contributed by atoms with Gasteiger partial charge in [-0.1, -0.05) is 0 Å². The number of carbonyl (C=O) groups excluding carboxylic acids is 2. The minimum Gasteiger partial charge on any atom is -0.435 e. The summed E-state index contributed by atoms with van der Waals surface area (Å²) < 4.78 is 31.3. The van der Waals surface area contributed by atoms with Crippen LogP contribution >= 0.6 is 0 Å². The van der Waals surface area contributed by atoms with Crippen LogP contribution in [0.15, 0.2) is 61.1 Å². The molecule has 2 saturated heterocycles. The van der Waals surface area contributed by atoms with Crippen molar-refractivity contribution in [2.45, 2.75) is 31.9 Å². The van der Waals surface area contributed by atoms with Crippen molar-refractivity contribution in [1.82, 2.24) is 29.5 Å². The fraction of sp³-hybridized carbons (Fsp3) is 0.355. The minimum atomic E-state index is -2.89. The third kappa shape index (κ3) is 5.92. The van der Waals surface area contributed by atoms with Crippen molar-refractivity contribution in [3.8, 4) is 17.0 Å². The van der Waals surface area contributed by atoms with E-state index in [0.29, 0.717) is 56.0 Å². The lowest BCUT2D eigenvalue weighted by atomic mass is 9.88. The molecular weight excluding hydrogens is 570 g/mol. The third-order valence-electron chi connectivity index (χ3n) is 8.30. The second kappa shape index (κ2) is 12.2. The number of anilines is 2. The van der Waals surface area contributed by atoms with Crippen LogP contribution in [0, 0.1) is 6.92 Å². The van der Waals surface area contributed by atoms with Gasteiger partial charge in [-0.3, -0.25) is 14.0 Å². The number of aryl methyl sites for hydroxylation is 1. The van der Waals surface area contributed by atoms with E-state index in [-0.39, 0.29) is 17.6 Å². The molecule has 4 N–H and O–H groups in total. The summed E-state index contributed by atoms with van der Waals surface area (Å²) in [5.74, 6) is 0.493. The number of hydrogen-bond acceptors (Lipinski definition) is 8. The molecule has 0 saturated carbocycles. The van der Waals surface area contributed by atoms with Gasteiger partial charge >= 0.3 is 6.61 Å². The van der Waals surface area contributed by atoms with Gasteiger partial charge in [0, 0.05) is 55.4 Å². The number of aromatic nitrogens is 3. The number of amides is 2.